The van der Waals surface area contributed by atoms with Crippen LogP contribution >= 0.6 is 0 Å². The van der Waals surface area contributed by atoms with Crippen molar-refractivity contribution in [2.75, 3.05) is 19.6 Å². The Morgan fingerprint density at radius 1 is 1.26 bits per heavy atom. The topological polar surface area (TPSA) is 59.6 Å². The fourth-order valence-corrected chi connectivity index (χ4v) is 4.01. The van der Waals surface area contributed by atoms with Gasteiger partial charge in [-0.15, -0.1) is 0 Å². The van der Waals surface area contributed by atoms with Crippen LogP contribution in [0, 0.1) is 0 Å². The predicted molar refractivity (Wildman–Crippen MR) is 88.9 cm³/mol. The van der Waals surface area contributed by atoms with E-state index in [2.05, 4.69) is 22.0 Å². The molecule has 2 N–H and O–H groups in total. The Hall–Kier alpha value is -1.85. The zero-order chi connectivity index (χ0) is 15.8. The summed E-state index contributed by atoms with van der Waals surface area (Å²) in [5.74, 6) is 0.0514. The van der Waals surface area contributed by atoms with Crippen LogP contribution in [0.25, 0.3) is 10.9 Å². The number of H-pyrrole nitrogens is 1. The van der Waals surface area contributed by atoms with Crippen molar-refractivity contribution in [3.63, 3.8) is 0 Å². The molecule has 0 bridgehead atoms. The number of amides is 1. The van der Waals surface area contributed by atoms with E-state index in [1.165, 1.54) is 10.9 Å². The van der Waals surface area contributed by atoms with Crippen molar-refractivity contribution >= 4 is 16.8 Å². The standard InChI is InChI=1S/C18H23N3O2/c22-17-12-20-9-4-3-7-16(20)18(23)21(17)10-8-13-11-19-15-6-2-1-5-14(13)15/h1-2,5-6,11,16,18-19,23H,3-4,7-10,12H2/t16-,18-/m0/s1. The average Bonchev–Trinajstić information content (AvgIpc) is 2.98. The van der Waals surface area contributed by atoms with Crippen LogP contribution in [0.4, 0.5) is 0 Å². The molecule has 0 saturated carbocycles. The highest BCUT2D eigenvalue weighted by atomic mass is 16.3. The molecule has 0 unspecified atom stereocenters. The highest BCUT2D eigenvalue weighted by Crippen LogP contribution is 2.26. The summed E-state index contributed by atoms with van der Waals surface area (Å²) >= 11 is 0. The van der Waals surface area contributed by atoms with E-state index in [1.54, 1.807) is 4.90 Å². The third-order valence-electron chi connectivity index (χ3n) is 5.28. The van der Waals surface area contributed by atoms with Crippen molar-refractivity contribution in [1.82, 2.24) is 14.8 Å². The Kier molecular flexibility index (Phi) is 3.83. The van der Waals surface area contributed by atoms with E-state index in [4.69, 9.17) is 0 Å². The number of carbonyl (C=O) groups excluding carboxylic acids is 1. The molecule has 0 spiro atoms. The number of hydrogen-bond acceptors (Lipinski definition) is 3. The van der Waals surface area contributed by atoms with Gasteiger partial charge in [-0.1, -0.05) is 24.6 Å². The lowest BCUT2D eigenvalue weighted by Crippen LogP contribution is -2.63. The number of aromatic amines is 1. The first-order chi connectivity index (χ1) is 11.2. The largest absolute Gasteiger partial charge is 0.372 e. The van der Waals surface area contributed by atoms with Gasteiger partial charge in [-0.2, -0.15) is 0 Å². The normalized spacial score (nSPS) is 25.8. The molecule has 2 saturated heterocycles. The number of nitrogens with zero attached hydrogens (tertiary/aromatic N) is 2. The minimum atomic E-state index is -0.665. The summed E-state index contributed by atoms with van der Waals surface area (Å²) in [5.41, 5.74) is 2.32. The van der Waals surface area contributed by atoms with Gasteiger partial charge in [0.15, 0.2) is 0 Å². The summed E-state index contributed by atoms with van der Waals surface area (Å²) in [6, 6.07) is 8.31. The lowest BCUT2D eigenvalue weighted by Gasteiger charge is -2.47. The van der Waals surface area contributed by atoms with Crippen molar-refractivity contribution < 1.29 is 9.90 Å². The third-order valence-corrected chi connectivity index (χ3v) is 5.28. The van der Waals surface area contributed by atoms with Crippen LogP contribution in [0.2, 0.25) is 0 Å². The second-order valence-corrected chi connectivity index (χ2v) is 6.64. The lowest BCUT2D eigenvalue weighted by atomic mass is 9.97. The molecule has 1 amide bonds. The fraction of sp³-hybridized carbons (Fsp3) is 0.500. The second kappa shape index (κ2) is 5.98. The van der Waals surface area contributed by atoms with Crippen molar-refractivity contribution in [3.05, 3.63) is 36.0 Å². The highest BCUT2D eigenvalue weighted by molar-refractivity contribution is 5.83. The molecule has 2 atom stereocenters. The molecule has 3 heterocycles. The van der Waals surface area contributed by atoms with Crippen LogP contribution in [-0.2, 0) is 11.2 Å². The molecule has 4 rings (SSSR count). The van der Waals surface area contributed by atoms with E-state index in [1.807, 2.05) is 18.3 Å². The van der Waals surface area contributed by atoms with Crippen LogP contribution in [0.1, 0.15) is 24.8 Å². The number of rotatable bonds is 3. The molecule has 5 heteroatoms. The number of fused-ring (bicyclic) bond motifs is 2. The number of para-hydroxylation sites is 1. The summed E-state index contributed by atoms with van der Waals surface area (Å²) in [5, 5.41) is 11.8. The maximum absolute atomic E-state index is 12.4. The van der Waals surface area contributed by atoms with Gasteiger partial charge in [-0.05, 0) is 37.4 Å². The molecule has 5 nitrogen and oxygen atoms in total. The monoisotopic (exact) mass is 313 g/mol. The van der Waals surface area contributed by atoms with Crippen molar-refractivity contribution in [2.45, 2.75) is 38.0 Å². The fourth-order valence-electron chi connectivity index (χ4n) is 4.01. The Bertz CT molecular complexity index is 711. The smallest absolute Gasteiger partial charge is 0.238 e. The molecule has 2 fully saturated rings. The van der Waals surface area contributed by atoms with E-state index in [0.717, 1.165) is 37.7 Å². The number of piperidine rings is 1. The van der Waals surface area contributed by atoms with Crippen molar-refractivity contribution in [2.24, 2.45) is 0 Å². The lowest BCUT2D eigenvalue weighted by molar-refractivity contribution is -0.163. The van der Waals surface area contributed by atoms with Gasteiger partial charge in [0.25, 0.3) is 0 Å². The second-order valence-electron chi connectivity index (χ2n) is 6.64. The Labute approximate surface area is 135 Å². The summed E-state index contributed by atoms with van der Waals surface area (Å²) in [6.45, 7) is 1.96. The van der Waals surface area contributed by atoms with Crippen LogP contribution in [0.3, 0.4) is 0 Å². The summed E-state index contributed by atoms with van der Waals surface area (Å²) < 4.78 is 0. The van der Waals surface area contributed by atoms with E-state index >= 15 is 0 Å². The number of aliphatic hydroxyl groups is 1. The molecule has 2 aromatic rings. The Morgan fingerprint density at radius 2 is 2.13 bits per heavy atom. The molecule has 122 valence electrons. The maximum Gasteiger partial charge on any atom is 0.238 e. The molecule has 0 aliphatic carbocycles. The van der Waals surface area contributed by atoms with E-state index in [9.17, 15) is 9.90 Å². The zero-order valence-electron chi connectivity index (χ0n) is 13.2. The van der Waals surface area contributed by atoms with E-state index in [-0.39, 0.29) is 11.9 Å². The number of carbonyl (C=O) groups is 1. The minimum absolute atomic E-state index is 0.0514. The zero-order valence-corrected chi connectivity index (χ0v) is 13.2. The first-order valence-electron chi connectivity index (χ1n) is 8.50. The molecule has 0 radical (unpaired) electrons. The van der Waals surface area contributed by atoms with Crippen LogP contribution in [0.15, 0.2) is 30.5 Å². The number of aromatic nitrogens is 1. The van der Waals surface area contributed by atoms with Crippen LogP contribution in [-0.4, -0.2) is 57.7 Å². The first-order valence-corrected chi connectivity index (χ1v) is 8.50. The number of benzene rings is 1. The quantitative estimate of drug-likeness (QED) is 0.907. The molecule has 1 aromatic heterocycles. The van der Waals surface area contributed by atoms with Crippen molar-refractivity contribution in [3.8, 4) is 0 Å². The predicted octanol–water partition coefficient (Wildman–Crippen LogP) is 1.73. The number of aliphatic hydroxyl groups excluding tert-OH is 1. The van der Waals surface area contributed by atoms with Crippen molar-refractivity contribution in [1.29, 1.82) is 0 Å². The number of nitrogens with one attached hydrogen (secondary N) is 1. The van der Waals surface area contributed by atoms with Gasteiger partial charge in [-0.25, -0.2) is 0 Å². The average molecular weight is 313 g/mol. The summed E-state index contributed by atoms with van der Waals surface area (Å²) in [7, 11) is 0. The van der Waals surface area contributed by atoms with Gasteiger partial charge in [-0.3, -0.25) is 9.69 Å². The summed E-state index contributed by atoms with van der Waals surface area (Å²) in [4.78, 5) is 19.5. The first kappa shape index (κ1) is 14.7. The third kappa shape index (κ3) is 2.64. The maximum atomic E-state index is 12.4. The molecular formula is C18H23N3O2. The van der Waals surface area contributed by atoms with Gasteiger partial charge in [0.1, 0.15) is 6.23 Å². The molecule has 1 aromatic carbocycles. The van der Waals surface area contributed by atoms with Gasteiger partial charge in [0.05, 0.1) is 12.6 Å². The van der Waals surface area contributed by atoms with Gasteiger partial charge in [0.2, 0.25) is 5.91 Å². The number of hydrogen-bond donors (Lipinski definition) is 2. The summed E-state index contributed by atoms with van der Waals surface area (Å²) in [6.07, 6.45) is 5.37. The Morgan fingerprint density at radius 3 is 3.04 bits per heavy atom. The Balaban J connectivity index is 1.48. The molecule has 23 heavy (non-hydrogen) atoms. The van der Waals surface area contributed by atoms with E-state index < -0.39 is 6.23 Å². The highest BCUT2D eigenvalue weighted by Gasteiger charge is 2.40. The van der Waals surface area contributed by atoms with E-state index in [0.29, 0.717) is 13.1 Å². The van der Waals surface area contributed by atoms with Gasteiger partial charge < -0.3 is 15.0 Å². The molecule has 2 aliphatic rings. The van der Waals surface area contributed by atoms with Crippen LogP contribution in [0.5, 0.6) is 0 Å². The van der Waals surface area contributed by atoms with Gasteiger partial charge in [0, 0.05) is 23.6 Å². The number of piperazine rings is 1. The molecular weight excluding hydrogens is 290 g/mol. The van der Waals surface area contributed by atoms with Gasteiger partial charge >= 0.3 is 0 Å². The van der Waals surface area contributed by atoms with Crippen LogP contribution < -0.4 is 0 Å². The minimum Gasteiger partial charge on any atom is -0.372 e. The SMILES string of the molecule is O=C1CN2CCCC[C@H]2[C@H](O)N1CCc1c[nH]c2ccccc12. The molecule has 2 aliphatic heterocycles.